The van der Waals surface area contributed by atoms with Gasteiger partial charge in [-0.1, -0.05) is 30.3 Å². The van der Waals surface area contributed by atoms with Crippen LogP contribution in [0.1, 0.15) is 34.6 Å². The molecule has 1 amide bonds. The molecule has 3 rings (SSSR count). The van der Waals surface area contributed by atoms with E-state index in [4.69, 9.17) is 16.6 Å². The van der Waals surface area contributed by atoms with Crippen molar-refractivity contribution in [2.24, 2.45) is 0 Å². The quantitative estimate of drug-likeness (QED) is 0.559. The summed E-state index contributed by atoms with van der Waals surface area (Å²) in [5.74, 6) is 0.682. The van der Waals surface area contributed by atoms with Gasteiger partial charge in [-0.05, 0) is 61.1 Å². The van der Waals surface area contributed by atoms with Gasteiger partial charge in [-0.3, -0.25) is 4.79 Å². The third kappa shape index (κ3) is 5.43. The maximum Gasteiger partial charge on any atom is 0.255 e. The van der Waals surface area contributed by atoms with E-state index < -0.39 is 0 Å². The highest BCUT2D eigenvalue weighted by Crippen LogP contribution is 2.18. The topological polar surface area (TPSA) is 66.3 Å². The molecule has 5 nitrogen and oxygen atoms in total. The molecular weight excluding hydrogens is 358 g/mol. The zero-order valence-electron chi connectivity index (χ0n) is 14.9. The van der Waals surface area contributed by atoms with Crippen LogP contribution in [-0.4, -0.2) is 11.0 Å². The first-order valence-corrected chi connectivity index (χ1v) is 9.06. The fourth-order valence-corrected chi connectivity index (χ4v) is 2.84. The molecule has 0 saturated carbocycles. The minimum Gasteiger partial charge on any atom is -0.467 e. The fourth-order valence-electron chi connectivity index (χ4n) is 2.59. The molecule has 0 aliphatic heterocycles. The van der Waals surface area contributed by atoms with Crippen molar-refractivity contribution in [3.63, 3.8) is 0 Å². The van der Waals surface area contributed by atoms with Gasteiger partial charge in [0.15, 0.2) is 5.11 Å². The molecular formula is C21H21N3O2S. The van der Waals surface area contributed by atoms with E-state index >= 15 is 0 Å². The number of amides is 1. The van der Waals surface area contributed by atoms with E-state index in [1.54, 1.807) is 18.4 Å². The first-order chi connectivity index (χ1) is 13.1. The Hall–Kier alpha value is -3.12. The Morgan fingerprint density at radius 1 is 1.07 bits per heavy atom. The van der Waals surface area contributed by atoms with Gasteiger partial charge in [-0.25, -0.2) is 0 Å². The molecule has 1 atom stereocenters. The molecule has 0 fully saturated rings. The number of carbonyl (C=O) groups excluding carboxylic acids is 1. The van der Waals surface area contributed by atoms with Crippen LogP contribution in [0.2, 0.25) is 0 Å². The Morgan fingerprint density at radius 3 is 2.63 bits per heavy atom. The van der Waals surface area contributed by atoms with Gasteiger partial charge < -0.3 is 20.4 Å². The molecule has 2 aromatic carbocycles. The van der Waals surface area contributed by atoms with Gasteiger partial charge in [0.25, 0.3) is 5.91 Å². The van der Waals surface area contributed by atoms with Crippen molar-refractivity contribution < 1.29 is 9.21 Å². The zero-order chi connectivity index (χ0) is 19.1. The Balaban J connectivity index is 1.57. The maximum absolute atomic E-state index is 12.3. The molecule has 138 valence electrons. The zero-order valence-corrected chi connectivity index (χ0v) is 15.8. The van der Waals surface area contributed by atoms with Crippen molar-refractivity contribution in [1.29, 1.82) is 0 Å². The van der Waals surface area contributed by atoms with Gasteiger partial charge in [0.2, 0.25) is 0 Å². The second-order valence-corrected chi connectivity index (χ2v) is 6.48. The lowest BCUT2D eigenvalue weighted by Gasteiger charge is -2.18. The van der Waals surface area contributed by atoms with Gasteiger partial charge in [-0.15, -0.1) is 0 Å². The summed E-state index contributed by atoms with van der Waals surface area (Å²) in [6.07, 6.45) is 1.63. The van der Waals surface area contributed by atoms with Crippen LogP contribution >= 0.6 is 12.2 Å². The molecule has 1 unspecified atom stereocenters. The number of thiocarbonyl (C=S) groups is 1. The third-order valence-electron chi connectivity index (χ3n) is 4.03. The summed E-state index contributed by atoms with van der Waals surface area (Å²) in [7, 11) is 0. The second-order valence-electron chi connectivity index (χ2n) is 6.07. The molecule has 0 aliphatic rings. The number of carbonyl (C=O) groups is 1. The van der Waals surface area contributed by atoms with Crippen LogP contribution in [0.15, 0.2) is 77.4 Å². The molecule has 1 aromatic heterocycles. The average molecular weight is 379 g/mol. The highest BCUT2D eigenvalue weighted by Gasteiger charge is 2.10. The van der Waals surface area contributed by atoms with Crippen LogP contribution in [0, 0.1) is 0 Å². The number of rotatable bonds is 6. The molecule has 0 spiro atoms. The molecule has 0 saturated heterocycles. The van der Waals surface area contributed by atoms with Crippen molar-refractivity contribution in [1.82, 2.24) is 10.6 Å². The summed E-state index contributed by atoms with van der Waals surface area (Å²) >= 11 is 5.34. The van der Waals surface area contributed by atoms with Crippen molar-refractivity contribution >= 4 is 28.9 Å². The van der Waals surface area contributed by atoms with Crippen molar-refractivity contribution in [2.75, 3.05) is 5.32 Å². The Morgan fingerprint density at radius 2 is 1.89 bits per heavy atom. The summed E-state index contributed by atoms with van der Waals surface area (Å²) in [6, 6.07) is 20.5. The van der Waals surface area contributed by atoms with Gasteiger partial charge in [0.05, 0.1) is 18.8 Å². The largest absolute Gasteiger partial charge is 0.467 e. The van der Waals surface area contributed by atoms with Gasteiger partial charge in [-0.2, -0.15) is 0 Å². The van der Waals surface area contributed by atoms with Crippen molar-refractivity contribution in [2.45, 2.75) is 19.5 Å². The third-order valence-corrected chi connectivity index (χ3v) is 4.29. The van der Waals surface area contributed by atoms with Crippen molar-refractivity contribution in [3.8, 4) is 0 Å². The van der Waals surface area contributed by atoms with E-state index in [1.165, 1.54) is 0 Å². The van der Waals surface area contributed by atoms with Crippen LogP contribution in [-0.2, 0) is 6.54 Å². The lowest BCUT2D eigenvalue weighted by molar-refractivity contribution is 0.102. The second kappa shape index (κ2) is 9.00. The number of anilines is 1. The molecule has 0 bridgehead atoms. The van der Waals surface area contributed by atoms with Crippen LogP contribution < -0.4 is 16.0 Å². The number of furan rings is 1. The van der Waals surface area contributed by atoms with Crippen LogP contribution in [0.25, 0.3) is 0 Å². The molecule has 0 aliphatic carbocycles. The Kier molecular flexibility index (Phi) is 6.22. The molecule has 0 radical (unpaired) electrons. The van der Waals surface area contributed by atoms with Gasteiger partial charge in [0, 0.05) is 11.3 Å². The summed E-state index contributed by atoms with van der Waals surface area (Å²) in [4.78, 5) is 12.3. The van der Waals surface area contributed by atoms with E-state index in [9.17, 15) is 4.79 Å². The number of hydrogen-bond acceptors (Lipinski definition) is 3. The maximum atomic E-state index is 12.3. The number of benzene rings is 2. The Labute approximate surface area is 163 Å². The molecule has 27 heavy (non-hydrogen) atoms. The van der Waals surface area contributed by atoms with E-state index in [2.05, 4.69) is 16.0 Å². The number of hydrogen-bond donors (Lipinski definition) is 3. The smallest absolute Gasteiger partial charge is 0.255 e. The predicted octanol–water partition coefficient (Wildman–Crippen LogP) is 4.26. The van der Waals surface area contributed by atoms with Gasteiger partial charge in [0.1, 0.15) is 5.76 Å². The first-order valence-electron chi connectivity index (χ1n) is 8.65. The minimum atomic E-state index is -0.135. The summed E-state index contributed by atoms with van der Waals surface area (Å²) < 4.78 is 5.27. The first kappa shape index (κ1) is 18.7. The molecule has 3 aromatic rings. The lowest BCUT2D eigenvalue weighted by atomic mass is 10.1. The minimum absolute atomic E-state index is 0.0184. The molecule has 3 N–H and O–H groups in total. The lowest BCUT2D eigenvalue weighted by Crippen LogP contribution is -2.36. The standard InChI is InChI=1S/C21H21N3O2S/c1-15(23-21(27)22-14-19-11-6-12-26-19)17-9-5-10-18(13-17)24-20(25)16-7-3-2-4-8-16/h2-13,15H,14H2,1H3,(H,24,25)(H2,22,23,27). The summed E-state index contributed by atoms with van der Waals surface area (Å²) in [6.45, 7) is 2.54. The van der Waals surface area contributed by atoms with E-state index in [0.717, 1.165) is 17.0 Å². The fraction of sp³-hybridized carbons (Fsp3) is 0.143. The Bertz CT molecular complexity index is 895. The van der Waals surface area contributed by atoms with Crippen LogP contribution in [0.5, 0.6) is 0 Å². The highest BCUT2D eigenvalue weighted by atomic mass is 32.1. The SMILES string of the molecule is CC(NC(=S)NCc1ccco1)c1cccc(NC(=O)c2ccccc2)c1. The molecule has 1 heterocycles. The predicted molar refractivity (Wildman–Crippen MR) is 111 cm³/mol. The summed E-state index contributed by atoms with van der Waals surface area (Å²) in [5, 5.41) is 9.81. The molecule has 6 heteroatoms. The van der Waals surface area contributed by atoms with Crippen LogP contribution in [0.4, 0.5) is 5.69 Å². The van der Waals surface area contributed by atoms with Crippen molar-refractivity contribution in [3.05, 3.63) is 89.9 Å². The van der Waals surface area contributed by atoms with Gasteiger partial charge >= 0.3 is 0 Å². The van der Waals surface area contributed by atoms with E-state index in [1.807, 2.05) is 61.5 Å². The van der Waals surface area contributed by atoms with E-state index in [0.29, 0.717) is 17.2 Å². The van der Waals surface area contributed by atoms with E-state index in [-0.39, 0.29) is 11.9 Å². The summed E-state index contributed by atoms with van der Waals surface area (Å²) in [5.41, 5.74) is 2.38. The van der Waals surface area contributed by atoms with Crippen LogP contribution in [0.3, 0.4) is 0 Å². The highest BCUT2D eigenvalue weighted by molar-refractivity contribution is 7.80. The average Bonchev–Trinajstić information content (AvgIpc) is 3.21. The normalized spacial score (nSPS) is 11.4. The number of nitrogens with one attached hydrogen (secondary N) is 3. The monoisotopic (exact) mass is 379 g/mol.